The molecule has 2 N–H and O–H groups in total. The molecule has 0 bridgehead atoms. The molecule has 0 spiro atoms. The molecule has 1 aliphatic carbocycles. The molecule has 1 saturated carbocycles. The Morgan fingerprint density at radius 3 is 2.64 bits per heavy atom. The number of carbonyl (C=O) groups is 1. The lowest BCUT2D eigenvalue weighted by molar-refractivity contribution is -0.126. The fourth-order valence-corrected chi connectivity index (χ4v) is 3.25. The standard InChI is InChI=1S/C18H28N2O2/c1-18(22,14-8-5-4-6-9-14)13-17(21)19-15-10-7-11-16(12-15)20(2)3/h4-6,8-9,15-16,22H,7,10-13H2,1-3H3,(H,19,21). The molecule has 4 heteroatoms. The fraction of sp³-hybridized carbons (Fsp3) is 0.611. The Kier molecular flexibility index (Phi) is 5.59. The van der Waals surface area contributed by atoms with Crippen molar-refractivity contribution in [2.24, 2.45) is 0 Å². The second kappa shape index (κ2) is 7.25. The number of hydrogen-bond donors (Lipinski definition) is 2. The number of aliphatic hydroxyl groups is 1. The summed E-state index contributed by atoms with van der Waals surface area (Å²) in [6.07, 6.45) is 4.46. The molecule has 0 heterocycles. The number of rotatable bonds is 5. The van der Waals surface area contributed by atoms with Gasteiger partial charge in [-0.15, -0.1) is 0 Å². The first kappa shape index (κ1) is 17.0. The third-order valence-electron chi connectivity index (χ3n) is 4.64. The first-order valence-electron chi connectivity index (χ1n) is 8.12. The van der Waals surface area contributed by atoms with Crippen molar-refractivity contribution in [3.05, 3.63) is 35.9 Å². The average Bonchev–Trinajstić information content (AvgIpc) is 2.47. The predicted molar refractivity (Wildman–Crippen MR) is 88.5 cm³/mol. The molecule has 1 aromatic rings. The molecule has 2 rings (SSSR count). The topological polar surface area (TPSA) is 52.6 Å². The van der Waals surface area contributed by atoms with E-state index in [1.165, 1.54) is 6.42 Å². The van der Waals surface area contributed by atoms with Gasteiger partial charge in [-0.2, -0.15) is 0 Å². The minimum Gasteiger partial charge on any atom is -0.385 e. The molecule has 0 aliphatic heterocycles. The largest absolute Gasteiger partial charge is 0.385 e. The van der Waals surface area contributed by atoms with Gasteiger partial charge in [0, 0.05) is 12.1 Å². The van der Waals surface area contributed by atoms with E-state index in [4.69, 9.17) is 0 Å². The van der Waals surface area contributed by atoms with Gasteiger partial charge in [0.1, 0.15) is 0 Å². The summed E-state index contributed by atoms with van der Waals surface area (Å²) in [7, 11) is 4.18. The Balaban J connectivity index is 1.90. The highest BCUT2D eigenvalue weighted by Crippen LogP contribution is 2.25. The van der Waals surface area contributed by atoms with Gasteiger partial charge in [0.05, 0.1) is 12.0 Å². The smallest absolute Gasteiger partial charge is 0.223 e. The van der Waals surface area contributed by atoms with Crippen LogP contribution in [-0.4, -0.2) is 42.1 Å². The lowest BCUT2D eigenvalue weighted by atomic mass is 9.89. The molecule has 1 amide bonds. The molecule has 3 atom stereocenters. The van der Waals surface area contributed by atoms with Gasteiger partial charge in [-0.05, 0) is 52.3 Å². The second-order valence-electron chi connectivity index (χ2n) is 6.87. The summed E-state index contributed by atoms with van der Waals surface area (Å²) in [4.78, 5) is 14.5. The van der Waals surface area contributed by atoms with Crippen LogP contribution >= 0.6 is 0 Å². The quantitative estimate of drug-likeness (QED) is 0.877. The van der Waals surface area contributed by atoms with Crippen LogP contribution in [0.3, 0.4) is 0 Å². The summed E-state index contributed by atoms with van der Waals surface area (Å²) >= 11 is 0. The summed E-state index contributed by atoms with van der Waals surface area (Å²) in [5, 5.41) is 13.7. The van der Waals surface area contributed by atoms with Crippen molar-refractivity contribution in [3.8, 4) is 0 Å². The van der Waals surface area contributed by atoms with Gasteiger partial charge in [-0.3, -0.25) is 4.79 Å². The zero-order valence-corrected chi connectivity index (χ0v) is 13.9. The summed E-state index contributed by atoms with van der Waals surface area (Å²) in [5.41, 5.74) is -0.346. The van der Waals surface area contributed by atoms with Gasteiger partial charge in [0.25, 0.3) is 0 Å². The van der Waals surface area contributed by atoms with Gasteiger partial charge in [-0.1, -0.05) is 30.3 Å². The van der Waals surface area contributed by atoms with E-state index in [1.54, 1.807) is 6.92 Å². The van der Waals surface area contributed by atoms with Crippen LogP contribution in [0.5, 0.6) is 0 Å². The van der Waals surface area contributed by atoms with E-state index >= 15 is 0 Å². The van der Waals surface area contributed by atoms with E-state index in [0.717, 1.165) is 24.8 Å². The van der Waals surface area contributed by atoms with E-state index in [0.29, 0.717) is 6.04 Å². The summed E-state index contributed by atoms with van der Waals surface area (Å²) in [6.45, 7) is 1.70. The molecular formula is C18H28N2O2. The average molecular weight is 304 g/mol. The Morgan fingerprint density at radius 1 is 1.32 bits per heavy atom. The Morgan fingerprint density at radius 2 is 2.00 bits per heavy atom. The van der Waals surface area contributed by atoms with Crippen molar-refractivity contribution in [1.29, 1.82) is 0 Å². The number of nitrogens with zero attached hydrogens (tertiary/aromatic N) is 1. The van der Waals surface area contributed by atoms with Crippen molar-refractivity contribution in [3.63, 3.8) is 0 Å². The monoisotopic (exact) mass is 304 g/mol. The van der Waals surface area contributed by atoms with Crippen LogP contribution in [0.2, 0.25) is 0 Å². The van der Waals surface area contributed by atoms with Crippen LogP contribution < -0.4 is 5.32 Å². The minimum absolute atomic E-state index is 0.0711. The maximum absolute atomic E-state index is 12.3. The predicted octanol–water partition coefficient (Wildman–Crippen LogP) is 2.27. The van der Waals surface area contributed by atoms with Crippen LogP contribution in [0.4, 0.5) is 0 Å². The molecule has 122 valence electrons. The first-order valence-corrected chi connectivity index (χ1v) is 8.12. The normalized spacial score (nSPS) is 24.8. The zero-order chi connectivity index (χ0) is 16.2. The number of nitrogens with one attached hydrogen (secondary N) is 1. The van der Waals surface area contributed by atoms with Gasteiger partial charge in [-0.25, -0.2) is 0 Å². The Labute approximate surface area is 133 Å². The Bertz CT molecular complexity index is 485. The van der Waals surface area contributed by atoms with Crippen molar-refractivity contribution in [2.75, 3.05) is 14.1 Å². The third-order valence-corrected chi connectivity index (χ3v) is 4.64. The highest BCUT2D eigenvalue weighted by atomic mass is 16.3. The molecule has 1 fully saturated rings. The van der Waals surface area contributed by atoms with Crippen LogP contribution in [0, 0.1) is 0 Å². The molecule has 0 radical (unpaired) electrons. The van der Waals surface area contributed by atoms with Crippen molar-refractivity contribution < 1.29 is 9.90 Å². The summed E-state index contributed by atoms with van der Waals surface area (Å²) < 4.78 is 0. The van der Waals surface area contributed by atoms with E-state index < -0.39 is 5.60 Å². The lowest BCUT2D eigenvalue weighted by Crippen LogP contribution is -2.45. The number of carbonyl (C=O) groups excluding carboxylic acids is 1. The summed E-state index contributed by atoms with van der Waals surface area (Å²) in [5.74, 6) is -0.0711. The molecule has 4 nitrogen and oxygen atoms in total. The highest BCUT2D eigenvalue weighted by molar-refractivity contribution is 5.77. The maximum Gasteiger partial charge on any atom is 0.223 e. The minimum atomic E-state index is -1.12. The third kappa shape index (κ3) is 4.55. The SMILES string of the molecule is CN(C)C1CCCC(NC(=O)CC(C)(O)c2ccccc2)C1. The highest BCUT2D eigenvalue weighted by Gasteiger charge is 2.29. The molecule has 0 saturated heterocycles. The van der Waals surface area contributed by atoms with Gasteiger partial charge >= 0.3 is 0 Å². The Hall–Kier alpha value is -1.39. The molecule has 22 heavy (non-hydrogen) atoms. The lowest BCUT2D eigenvalue weighted by Gasteiger charge is -2.34. The van der Waals surface area contributed by atoms with Crippen LogP contribution in [-0.2, 0) is 10.4 Å². The molecule has 3 unspecified atom stereocenters. The fourth-order valence-electron chi connectivity index (χ4n) is 3.25. The van der Waals surface area contributed by atoms with Crippen molar-refractivity contribution in [1.82, 2.24) is 10.2 Å². The van der Waals surface area contributed by atoms with Gasteiger partial charge in [0.2, 0.25) is 5.91 Å². The van der Waals surface area contributed by atoms with Crippen LogP contribution in [0.25, 0.3) is 0 Å². The number of amides is 1. The molecule has 1 aliphatic rings. The van der Waals surface area contributed by atoms with Gasteiger partial charge in [0.15, 0.2) is 0 Å². The number of hydrogen-bond acceptors (Lipinski definition) is 3. The molecule has 0 aromatic heterocycles. The van der Waals surface area contributed by atoms with Gasteiger partial charge < -0.3 is 15.3 Å². The summed E-state index contributed by atoms with van der Waals surface area (Å²) in [6, 6.07) is 10.1. The van der Waals surface area contributed by atoms with E-state index in [9.17, 15) is 9.90 Å². The maximum atomic E-state index is 12.3. The second-order valence-corrected chi connectivity index (χ2v) is 6.87. The zero-order valence-electron chi connectivity index (χ0n) is 13.9. The first-order chi connectivity index (χ1) is 10.4. The van der Waals surface area contributed by atoms with E-state index in [2.05, 4.69) is 24.3 Å². The van der Waals surface area contributed by atoms with Crippen molar-refractivity contribution in [2.45, 2.75) is 56.7 Å². The molecular weight excluding hydrogens is 276 g/mol. The van der Waals surface area contributed by atoms with E-state index in [-0.39, 0.29) is 18.4 Å². The van der Waals surface area contributed by atoms with E-state index in [1.807, 2.05) is 30.3 Å². The molecule has 1 aromatic carbocycles. The van der Waals surface area contributed by atoms with Crippen LogP contribution in [0.15, 0.2) is 30.3 Å². The number of benzene rings is 1. The van der Waals surface area contributed by atoms with Crippen LogP contribution in [0.1, 0.15) is 44.6 Å². The van der Waals surface area contributed by atoms with Crippen molar-refractivity contribution >= 4 is 5.91 Å².